The molecule has 0 unspecified atom stereocenters. The van der Waals surface area contributed by atoms with Gasteiger partial charge in [0.05, 0.1) is 0 Å². The lowest BCUT2D eigenvalue weighted by molar-refractivity contribution is -0.117. The van der Waals surface area contributed by atoms with Gasteiger partial charge < -0.3 is 11.1 Å². The van der Waals surface area contributed by atoms with Crippen LogP contribution in [-0.2, 0) is 4.79 Å². The Labute approximate surface area is 96.6 Å². The van der Waals surface area contributed by atoms with E-state index in [2.05, 4.69) is 15.3 Å². The van der Waals surface area contributed by atoms with Gasteiger partial charge in [-0.15, -0.1) is 0 Å². The normalized spacial score (nSPS) is 10.4. The van der Waals surface area contributed by atoms with Crippen molar-refractivity contribution >= 4 is 23.0 Å². The number of hydrogen-bond acceptors (Lipinski definition) is 4. The molecule has 2 aromatic rings. The Balaban J connectivity index is 2.11. The van der Waals surface area contributed by atoms with Crippen LogP contribution in [0.15, 0.2) is 24.8 Å². The molecular formula is C10H11N5O2. The molecule has 0 radical (unpaired) electrons. The van der Waals surface area contributed by atoms with E-state index < -0.39 is 5.91 Å². The third-order valence-corrected chi connectivity index (χ3v) is 2.22. The van der Waals surface area contributed by atoms with Crippen molar-refractivity contribution in [1.29, 1.82) is 0 Å². The van der Waals surface area contributed by atoms with Crippen molar-refractivity contribution in [3.8, 4) is 0 Å². The molecule has 0 saturated heterocycles. The van der Waals surface area contributed by atoms with Crippen LogP contribution in [0.5, 0.6) is 0 Å². The molecular weight excluding hydrogens is 222 g/mol. The monoisotopic (exact) mass is 233 g/mol. The van der Waals surface area contributed by atoms with Gasteiger partial charge >= 0.3 is 6.03 Å². The standard InChI is InChI=1S/C10H11N5O2/c11-8(16)1-3-13-10(17)15-4-2-7-5-12-6-14-9(7)15/h2,4-6H,1,3H2,(H2,11,16)(H,13,17). The van der Waals surface area contributed by atoms with E-state index >= 15 is 0 Å². The highest BCUT2D eigenvalue weighted by molar-refractivity contribution is 5.89. The van der Waals surface area contributed by atoms with Gasteiger partial charge in [-0.2, -0.15) is 0 Å². The SMILES string of the molecule is NC(=O)CCNC(=O)n1ccc2cncnc21. The fourth-order valence-electron chi connectivity index (χ4n) is 1.42. The topological polar surface area (TPSA) is 103 Å². The second kappa shape index (κ2) is 4.60. The molecule has 0 aliphatic carbocycles. The van der Waals surface area contributed by atoms with Crippen molar-refractivity contribution in [3.63, 3.8) is 0 Å². The maximum Gasteiger partial charge on any atom is 0.327 e. The summed E-state index contributed by atoms with van der Waals surface area (Å²) in [6, 6.07) is 1.39. The van der Waals surface area contributed by atoms with Gasteiger partial charge in [-0.05, 0) is 6.07 Å². The van der Waals surface area contributed by atoms with Gasteiger partial charge in [0.1, 0.15) is 6.33 Å². The summed E-state index contributed by atoms with van der Waals surface area (Å²) in [5.41, 5.74) is 5.49. The minimum atomic E-state index is -0.454. The minimum Gasteiger partial charge on any atom is -0.370 e. The van der Waals surface area contributed by atoms with E-state index in [4.69, 9.17) is 5.73 Å². The summed E-state index contributed by atoms with van der Waals surface area (Å²) in [5.74, 6) is -0.454. The van der Waals surface area contributed by atoms with E-state index in [1.807, 2.05) is 0 Å². The van der Waals surface area contributed by atoms with Crippen LogP contribution in [0, 0.1) is 0 Å². The third kappa shape index (κ3) is 2.39. The molecule has 3 N–H and O–H groups in total. The van der Waals surface area contributed by atoms with Gasteiger partial charge in [0.2, 0.25) is 5.91 Å². The Morgan fingerprint density at radius 1 is 1.47 bits per heavy atom. The summed E-state index contributed by atoms with van der Waals surface area (Å²) in [4.78, 5) is 30.1. The molecule has 7 heteroatoms. The second-order valence-corrected chi connectivity index (χ2v) is 3.44. The number of fused-ring (bicyclic) bond motifs is 1. The number of carbonyl (C=O) groups is 2. The molecule has 88 valence electrons. The fraction of sp³-hybridized carbons (Fsp3) is 0.200. The van der Waals surface area contributed by atoms with Crippen LogP contribution in [0.1, 0.15) is 6.42 Å². The molecule has 0 saturated carbocycles. The molecule has 2 amide bonds. The van der Waals surface area contributed by atoms with Crippen LogP contribution in [0.3, 0.4) is 0 Å². The smallest absolute Gasteiger partial charge is 0.327 e. The van der Waals surface area contributed by atoms with E-state index in [-0.39, 0.29) is 19.0 Å². The summed E-state index contributed by atoms with van der Waals surface area (Å²) >= 11 is 0. The molecule has 2 heterocycles. The van der Waals surface area contributed by atoms with Gasteiger partial charge in [-0.3, -0.25) is 9.36 Å². The summed E-state index contributed by atoms with van der Waals surface area (Å²) in [6.45, 7) is 0.207. The van der Waals surface area contributed by atoms with Gasteiger partial charge in [0.15, 0.2) is 5.65 Å². The highest BCUT2D eigenvalue weighted by Crippen LogP contribution is 2.10. The zero-order valence-corrected chi connectivity index (χ0v) is 8.96. The molecule has 2 rings (SSSR count). The van der Waals surface area contributed by atoms with Crippen LogP contribution in [0.4, 0.5) is 4.79 Å². The van der Waals surface area contributed by atoms with Crippen molar-refractivity contribution < 1.29 is 9.59 Å². The molecule has 0 fully saturated rings. The van der Waals surface area contributed by atoms with Crippen molar-refractivity contribution in [3.05, 3.63) is 24.8 Å². The Morgan fingerprint density at radius 3 is 3.06 bits per heavy atom. The average molecular weight is 233 g/mol. The Bertz CT molecular complexity index is 563. The highest BCUT2D eigenvalue weighted by atomic mass is 16.2. The van der Waals surface area contributed by atoms with E-state index in [9.17, 15) is 9.59 Å². The molecule has 2 aromatic heterocycles. The number of primary amides is 1. The minimum absolute atomic E-state index is 0.111. The van der Waals surface area contributed by atoms with Crippen LogP contribution >= 0.6 is 0 Å². The molecule has 0 bridgehead atoms. The van der Waals surface area contributed by atoms with Crippen LogP contribution in [0.25, 0.3) is 11.0 Å². The van der Waals surface area contributed by atoms with E-state index in [0.29, 0.717) is 5.65 Å². The third-order valence-electron chi connectivity index (χ3n) is 2.22. The summed E-state index contributed by atoms with van der Waals surface area (Å²) < 4.78 is 1.36. The summed E-state index contributed by atoms with van der Waals surface area (Å²) in [7, 11) is 0. The number of hydrogen-bond donors (Lipinski definition) is 2. The first kappa shape index (κ1) is 11.1. The molecule has 0 atom stereocenters. The quantitative estimate of drug-likeness (QED) is 0.770. The molecule has 0 aromatic carbocycles. The molecule has 0 aliphatic rings. The van der Waals surface area contributed by atoms with Gasteiger partial charge in [0, 0.05) is 30.7 Å². The average Bonchev–Trinajstić information content (AvgIpc) is 2.72. The molecule has 17 heavy (non-hydrogen) atoms. The summed E-state index contributed by atoms with van der Waals surface area (Å²) in [5, 5.41) is 3.35. The van der Waals surface area contributed by atoms with Crippen molar-refractivity contribution in [2.24, 2.45) is 5.73 Å². The Morgan fingerprint density at radius 2 is 2.29 bits per heavy atom. The number of aromatic nitrogens is 3. The number of nitrogens with two attached hydrogens (primary N) is 1. The molecule has 0 spiro atoms. The number of amides is 2. The lowest BCUT2D eigenvalue weighted by Crippen LogP contribution is -2.31. The van der Waals surface area contributed by atoms with Gasteiger partial charge in [0.25, 0.3) is 0 Å². The largest absolute Gasteiger partial charge is 0.370 e. The summed E-state index contributed by atoms with van der Waals surface area (Å²) in [6.07, 6.45) is 4.70. The second-order valence-electron chi connectivity index (χ2n) is 3.44. The zero-order chi connectivity index (χ0) is 12.3. The zero-order valence-electron chi connectivity index (χ0n) is 8.96. The Hall–Kier alpha value is -2.44. The molecule has 0 aliphatic heterocycles. The van der Waals surface area contributed by atoms with Crippen molar-refractivity contribution in [2.45, 2.75) is 6.42 Å². The van der Waals surface area contributed by atoms with Crippen LogP contribution in [0.2, 0.25) is 0 Å². The van der Waals surface area contributed by atoms with Gasteiger partial charge in [-0.1, -0.05) is 0 Å². The van der Waals surface area contributed by atoms with Gasteiger partial charge in [-0.25, -0.2) is 14.8 Å². The first-order valence-electron chi connectivity index (χ1n) is 5.02. The number of nitrogens with zero attached hydrogens (tertiary/aromatic N) is 3. The lowest BCUT2D eigenvalue weighted by Gasteiger charge is -2.04. The van der Waals surface area contributed by atoms with Crippen molar-refractivity contribution in [1.82, 2.24) is 19.9 Å². The maximum atomic E-state index is 11.7. The predicted octanol–water partition coefficient (Wildman–Crippen LogP) is -0.136. The van der Waals surface area contributed by atoms with Crippen molar-refractivity contribution in [2.75, 3.05) is 6.54 Å². The maximum absolute atomic E-state index is 11.7. The van der Waals surface area contributed by atoms with E-state index in [1.165, 1.54) is 10.9 Å². The highest BCUT2D eigenvalue weighted by Gasteiger charge is 2.09. The number of nitrogens with one attached hydrogen (secondary N) is 1. The van der Waals surface area contributed by atoms with Crippen LogP contribution in [-0.4, -0.2) is 33.0 Å². The predicted molar refractivity (Wildman–Crippen MR) is 60.1 cm³/mol. The van der Waals surface area contributed by atoms with E-state index in [1.54, 1.807) is 18.5 Å². The van der Waals surface area contributed by atoms with E-state index in [0.717, 1.165) is 5.39 Å². The number of carbonyl (C=O) groups excluding carboxylic acids is 2. The van der Waals surface area contributed by atoms with Crippen LogP contribution < -0.4 is 11.1 Å². The Kier molecular flexibility index (Phi) is 2.99. The first-order chi connectivity index (χ1) is 8.18. The first-order valence-corrected chi connectivity index (χ1v) is 5.02. The fourth-order valence-corrected chi connectivity index (χ4v) is 1.42. The number of rotatable bonds is 3. The molecule has 7 nitrogen and oxygen atoms in total. The lowest BCUT2D eigenvalue weighted by atomic mass is 10.4.